The highest BCUT2D eigenvalue weighted by Gasteiger charge is 2.41. The van der Waals surface area contributed by atoms with Gasteiger partial charge in [-0.2, -0.15) is 13.2 Å². The molecule has 1 N–H and O–H groups in total. The first-order valence-electron chi connectivity index (χ1n) is 7.55. The third kappa shape index (κ3) is 5.62. The first-order chi connectivity index (χ1) is 10.8. The summed E-state index contributed by atoms with van der Waals surface area (Å²) in [7, 11) is 0. The summed E-state index contributed by atoms with van der Waals surface area (Å²) in [5, 5.41) is 8.54. The van der Waals surface area contributed by atoms with Crippen molar-refractivity contribution >= 4 is 12.0 Å². The van der Waals surface area contributed by atoms with Crippen molar-refractivity contribution in [3.63, 3.8) is 0 Å². The number of alkyl halides is 3. The molecule has 0 heterocycles. The number of aliphatic carboxylic acids is 1. The molecule has 1 aromatic rings. The SMILES string of the molecule is O=C(O)/C=C/c1ccc(OCC2CCC(C(F)(F)F)CC2)cc1. The number of halogens is 3. The molecule has 1 aliphatic rings. The van der Waals surface area contributed by atoms with Crippen molar-refractivity contribution in [3.05, 3.63) is 35.9 Å². The van der Waals surface area contributed by atoms with Crippen LogP contribution in [0.25, 0.3) is 6.08 Å². The molecule has 0 amide bonds. The highest BCUT2D eigenvalue weighted by molar-refractivity contribution is 5.85. The predicted molar refractivity (Wildman–Crippen MR) is 80.1 cm³/mol. The Morgan fingerprint density at radius 3 is 2.30 bits per heavy atom. The molecule has 0 aromatic heterocycles. The summed E-state index contributed by atoms with van der Waals surface area (Å²) in [4.78, 5) is 10.4. The molecular weight excluding hydrogens is 309 g/mol. The van der Waals surface area contributed by atoms with Gasteiger partial charge in [0.25, 0.3) is 0 Å². The Morgan fingerprint density at radius 1 is 1.17 bits per heavy atom. The maximum Gasteiger partial charge on any atom is 0.391 e. The van der Waals surface area contributed by atoms with Crippen LogP contribution >= 0.6 is 0 Å². The number of rotatable bonds is 5. The topological polar surface area (TPSA) is 46.5 Å². The fourth-order valence-electron chi connectivity index (χ4n) is 2.71. The van der Waals surface area contributed by atoms with Crippen LogP contribution in [0.5, 0.6) is 5.75 Å². The maximum atomic E-state index is 12.6. The van der Waals surface area contributed by atoms with Crippen molar-refractivity contribution in [1.82, 2.24) is 0 Å². The molecule has 126 valence electrons. The van der Waals surface area contributed by atoms with Gasteiger partial charge >= 0.3 is 12.1 Å². The zero-order valence-electron chi connectivity index (χ0n) is 12.6. The number of carboxylic acids is 1. The van der Waals surface area contributed by atoms with Gasteiger partial charge < -0.3 is 9.84 Å². The van der Waals surface area contributed by atoms with Crippen molar-refractivity contribution in [3.8, 4) is 5.75 Å². The van der Waals surface area contributed by atoms with Crippen molar-refractivity contribution in [2.75, 3.05) is 6.61 Å². The lowest BCUT2D eigenvalue weighted by Gasteiger charge is -2.29. The summed E-state index contributed by atoms with van der Waals surface area (Å²) >= 11 is 0. The molecule has 0 aliphatic heterocycles. The van der Waals surface area contributed by atoms with Crippen LogP contribution in [0.4, 0.5) is 13.2 Å². The van der Waals surface area contributed by atoms with E-state index in [1.807, 2.05) is 0 Å². The van der Waals surface area contributed by atoms with E-state index < -0.39 is 18.1 Å². The van der Waals surface area contributed by atoms with Crippen molar-refractivity contribution in [2.45, 2.75) is 31.9 Å². The zero-order chi connectivity index (χ0) is 16.9. The molecule has 1 aromatic carbocycles. The lowest BCUT2D eigenvalue weighted by atomic mass is 9.82. The summed E-state index contributed by atoms with van der Waals surface area (Å²) in [6, 6.07) is 6.91. The molecule has 2 rings (SSSR count). The van der Waals surface area contributed by atoms with Gasteiger partial charge in [-0.05, 0) is 55.4 Å². The monoisotopic (exact) mass is 328 g/mol. The van der Waals surface area contributed by atoms with Crippen LogP contribution in [-0.4, -0.2) is 23.9 Å². The normalized spacial score (nSPS) is 22.2. The summed E-state index contributed by atoms with van der Waals surface area (Å²) in [6.45, 7) is 0.412. The van der Waals surface area contributed by atoms with Gasteiger partial charge in [0.15, 0.2) is 0 Å². The average molecular weight is 328 g/mol. The molecule has 0 atom stereocenters. The second-order valence-corrected chi connectivity index (χ2v) is 5.81. The summed E-state index contributed by atoms with van der Waals surface area (Å²) < 4.78 is 43.4. The number of benzene rings is 1. The second kappa shape index (κ2) is 7.53. The van der Waals surface area contributed by atoms with Crippen LogP contribution in [0.1, 0.15) is 31.2 Å². The molecule has 0 saturated heterocycles. The zero-order valence-corrected chi connectivity index (χ0v) is 12.6. The van der Waals surface area contributed by atoms with Gasteiger partial charge in [0.05, 0.1) is 12.5 Å². The quantitative estimate of drug-likeness (QED) is 0.808. The highest BCUT2D eigenvalue weighted by atomic mass is 19.4. The molecule has 0 unspecified atom stereocenters. The van der Waals surface area contributed by atoms with E-state index in [-0.39, 0.29) is 18.8 Å². The summed E-state index contributed by atoms with van der Waals surface area (Å²) in [5.74, 6) is -1.39. The molecular formula is C17H19F3O3. The first-order valence-corrected chi connectivity index (χ1v) is 7.55. The Bertz CT molecular complexity index is 541. The van der Waals surface area contributed by atoms with Crippen LogP contribution in [0.15, 0.2) is 30.3 Å². The van der Waals surface area contributed by atoms with Crippen LogP contribution in [0.3, 0.4) is 0 Å². The Balaban J connectivity index is 1.77. The second-order valence-electron chi connectivity index (χ2n) is 5.81. The minimum absolute atomic E-state index is 0.153. The Morgan fingerprint density at radius 2 is 1.78 bits per heavy atom. The van der Waals surface area contributed by atoms with Gasteiger partial charge in [-0.1, -0.05) is 12.1 Å². The summed E-state index contributed by atoms with van der Waals surface area (Å²) in [5.41, 5.74) is 0.741. The number of hydrogen-bond donors (Lipinski definition) is 1. The minimum Gasteiger partial charge on any atom is -0.493 e. The lowest BCUT2D eigenvalue weighted by molar-refractivity contribution is -0.184. The highest BCUT2D eigenvalue weighted by Crippen LogP contribution is 2.39. The number of carbonyl (C=O) groups is 1. The largest absolute Gasteiger partial charge is 0.493 e. The molecule has 0 bridgehead atoms. The van der Waals surface area contributed by atoms with Crippen molar-refractivity contribution < 1.29 is 27.8 Å². The fourth-order valence-corrected chi connectivity index (χ4v) is 2.71. The van der Waals surface area contributed by atoms with Crippen LogP contribution < -0.4 is 4.74 Å². The lowest BCUT2D eigenvalue weighted by Crippen LogP contribution is -2.29. The van der Waals surface area contributed by atoms with E-state index in [0.29, 0.717) is 25.2 Å². The minimum atomic E-state index is -4.08. The van der Waals surface area contributed by atoms with E-state index in [1.165, 1.54) is 6.08 Å². The number of carboxylic acid groups (broad SMARTS) is 1. The Kier molecular flexibility index (Phi) is 5.69. The van der Waals surface area contributed by atoms with Gasteiger partial charge in [-0.3, -0.25) is 0 Å². The number of hydrogen-bond acceptors (Lipinski definition) is 2. The molecule has 3 nitrogen and oxygen atoms in total. The third-order valence-corrected chi connectivity index (χ3v) is 4.09. The first kappa shape index (κ1) is 17.4. The van der Waals surface area contributed by atoms with E-state index in [4.69, 9.17) is 9.84 Å². The summed E-state index contributed by atoms with van der Waals surface area (Å²) in [6.07, 6.45) is -0.134. The molecule has 1 saturated carbocycles. The standard InChI is InChI=1S/C17H19F3O3/c18-17(19,20)14-6-1-13(2-7-14)11-23-15-8-3-12(4-9-15)5-10-16(21)22/h3-5,8-10,13-14H,1-2,6-7,11H2,(H,21,22)/b10-5+. The molecule has 23 heavy (non-hydrogen) atoms. The molecule has 1 fully saturated rings. The van der Waals surface area contributed by atoms with E-state index in [2.05, 4.69) is 0 Å². The Labute approximate surface area is 132 Å². The molecule has 1 aliphatic carbocycles. The van der Waals surface area contributed by atoms with Gasteiger partial charge in [0, 0.05) is 6.08 Å². The van der Waals surface area contributed by atoms with Gasteiger partial charge in [-0.15, -0.1) is 0 Å². The van der Waals surface area contributed by atoms with Crippen molar-refractivity contribution in [2.24, 2.45) is 11.8 Å². The van der Waals surface area contributed by atoms with E-state index in [1.54, 1.807) is 24.3 Å². The maximum absolute atomic E-state index is 12.6. The van der Waals surface area contributed by atoms with Crippen LogP contribution in [-0.2, 0) is 4.79 Å². The van der Waals surface area contributed by atoms with Crippen molar-refractivity contribution in [1.29, 1.82) is 0 Å². The van der Waals surface area contributed by atoms with Gasteiger partial charge in [0.1, 0.15) is 5.75 Å². The van der Waals surface area contributed by atoms with Gasteiger partial charge in [-0.25, -0.2) is 4.79 Å². The number of ether oxygens (including phenoxy) is 1. The van der Waals surface area contributed by atoms with E-state index in [0.717, 1.165) is 11.6 Å². The fraction of sp³-hybridized carbons (Fsp3) is 0.471. The average Bonchev–Trinajstić information content (AvgIpc) is 2.51. The van der Waals surface area contributed by atoms with E-state index >= 15 is 0 Å². The van der Waals surface area contributed by atoms with Crippen LogP contribution in [0, 0.1) is 11.8 Å². The molecule has 0 spiro atoms. The third-order valence-electron chi connectivity index (χ3n) is 4.09. The van der Waals surface area contributed by atoms with E-state index in [9.17, 15) is 18.0 Å². The molecule has 0 radical (unpaired) electrons. The Hall–Kier alpha value is -1.98. The molecule has 6 heteroatoms. The van der Waals surface area contributed by atoms with Crippen LogP contribution in [0.2, 0.25) is 0 Å². The smallest absolute Gasteiger partial charge is 0.391 e. The predicted octanol–water partition coefficient (Wildman–Crippen LogP) is 4.53. The van der Waals surface area contributed by atoms with Gasteiger partial charge in [0.2, 0.25) is 0 Å².